The summed E-state index contributed by atoms with van der Waals surface area (Å²) in [5.74, 6) is 1.66. The molecule has 7 nitrogen and oxygen atoms in total. The summed E-state index contributed by atoms with van der Waals surface area (Å²) < 4.78 is 5.15. The van der Waals surface area contributed by atoms with E-state index in [4.69, 9.17) is 4.74 Å². The van der Waals surface area contributed by atoms with Crippen LogP contribution in [0.5, 0.6) is 5.75 Å². The number of amides is 1. The molecule has 0 aromatic heterocycles. The van der Waals surface area contributed by atoms with Gasteiger partial charge in [-0.1, -0.05) is 18.2 Å². The monoisotopic (exact) mass is 447 g/mol. The van der Waals surface area contributed by atoms with Crippen molar-refractivity contribution in [3.63, 3.8) is 0 Å². The SMILES string of the molecule is COc1ccc(C(=O)C2CCN(C(=O)CCCC3=NC(C=O)c4ccccc4N3)CC2)cc1. The lowest BCUT2D eigenvalue weighted by Crippen LogP contribution is -2.40. The Labute approximate surface area is 193 Å². The number of methoxy groups -OCH3 is 1. The summed E-state index contributed by atoms with van der Waals surface area (Å²) in [5, 5.41) is 3.28. The summed E-state index contributed by atoms with van der Waals surface area (Å²) in [6.45, 7) is 1.20. The Morgan fingerprint density at radius 3 is 2.55 bits per heavy atom. The van der Waals surface area contributed by atoms with Crippen molar-refractivity contribution in [3.8, 4) is 5.75 Å². The van der Waals surface area contributed by atoms with E-state index in [1.165, 1.54) is 0 Å². The first-order valence-corrected chi connectivity index (χ1v) is 11.4. The zero-order valence-corrected chi connectivity index (χ0v) is 18.8. The van der Waals surface area contributed by atoms with E-state index < -0.39 is 6.04 Å². The van der Waals surface area contributed by atoms with E-state index in [9.17, 15) is 14.4 Å². The standard InChI is InChI=1S/C26H29N3O4/c1-33-20-11-9-18(10-12-20)26(32)19-13-15-29(16-14-19)25(31)8-4-7-24-27-22-6-3-2-5-21(22)23(17-30)28-24/h2-3,5-6,9-12,17,19,23H,4,7-8,13-16H2,1H3,(H,27,28). The van der Waals surface area contributed by atoms with Crippen molar-refractivity contribution in [3.05, 3.63) is 59.7 Å². The van der Waals surface area contributed by atoms with Crippen LogP contribution in [0.3, 0.4) is 0 Å². The molecule has 2 aromatic rings. The molecule has 0 aliphatic carbocycles. The van der Waals surface area contributed by atoms with Crippen molar-refractivity contribution in [2.45, 2.75) is 38.1 Å². The number of para-hydroxylation sites is 1. The number of anilines is 1. The summed E-state index contributed by atoms with van der Waals surface area (Å²) in [4.78, 5) is 43.2. The van der Waals surface area contributed by atoms with Crippen LogP contribution in [0.1, 0.15) is 54.1 Å². The highest BCUT2D eigenvalue weighted by Gasteiger charge is 2.28. The second-order valence-electron chi connectivity index (χ2n) is 8.47. The number of ether oxygens (including phenoxy) is 1. The highest BCUT2D eigenvalue weighted by Crippen LogP contribution is 2.29. The third-order valence-corrected chi connectivity index (χ3v) is 6.38. The second kappa shape index (κ2) is 10.4. The van der Waals surface area contributed by atoms with Gasteiger partial charge in [0.2, 0.25) is 5.91 Å². The quantitative estimate of drug-likeness (QED) is 0.487. The van der Waals surface area contributed by atoms with Crippen molar-refractivity contribution >= 4 is 29.5 Å². The van der Waals surface area contributed by atoms with E-state index in [-0.39, 0.29) is 17.6 Å². The number of fused-ring (bicyclic) bond motifs is 1. The van der Waals surface area contributed by atoms with Gasteiger partial charge in [-0.3, -0.25) is 14.6 Å². The number of nitrogens with one attached hydrogen (secondary N) is 1. The number of hydrogen-bond acceptors (Lipinski definition) is 6. The molecule has 1 saturated heterocycles. The molecule has 1 amide bonds. The second-order valence-corrected chi connectivity index (χ2v) is 8.47. The molecule has 172 valence electrons. The summed E-state index contributed by atoms with van der Waals surface area (Å²) in [7, 11) is 1.60. The van der Waals surface area contributed by atoms with Gasteiger partial charge in [0.1, 0.15) is 23.9 Å². The number of piperidine rings is 1. The molecule has 1 unspecified atom stereocenters. The van der Waals surface area contributed by atoms with Crippen LogP contribution in [0.4, 0.5) is 5.69 Å². The zero-order chi connectivity index (χ0) is 23.2. The fourth-order valence-corrected chi connectivity index (χ4v) is 4.47. The van der Waals surface area contributed by atoms with Crippen LogP contribution < -0.4 is 10.1 Å². The number of benzene rings is 2. The van der Waals surface area contributed by atoms with E-state index in [1.807, 2.05) is 29.2 Å². The van der Waals surface area contributed by atoms with Crippen LogP contribution in [0.25, 0.3) is 0 Å². The molecule has 2 aliphatic heterocycles. The Kier molecular flexibility index (Phi) is 7.17. The van der Waals surface area contributed by atoms with Crippen LogP contribution in [0.2, 0.25) is 0 Å². The molecule has 33 heavy (non-hydrogen) atoms. The molecular formula is C26H29N3O4. The number of amidine groups is 1. The summed E-state index contributed by atoms with van der Waals surface area (Å²) in [5.41, 5.74) is 2.46. The molecule has 2 heterocycles. The van der Waals surface area contributed by atoms with Crippen molar-refractivity contribution in [1.29, 1.82) is 0 Å². The van der Waals surface area contributed by atoms with E-state index >= 15 is 0 Å². The van der Waals surface area contributed by atoms with Crippen LogP contribution >= 0.6 is 0 Å². The predicted octanol–water partition coefficient (Wildman–Crippen LogP) is 4.05. The van der Waals surface area contributed by atoms with Gasteiger partial charge < -0.3 is 19.7 Å². The predicted molar refractivity (Wildman–Crippen MR) is 127 cm³/mol. The number of ketones is 1. The molecule has 4 rings (SSSR count). The molecule has 0 saturated carbocycles. The minimum absolute atomic E-state index is 0.0522. The minimum atomic E-state index is -0.490. The topological polar surface area (TPSA) is 88.1 Å². The van der Waals surface area contributed by atoms with E-state index in [1.54, 1.807) is 31.4 Å². The van der Waals surface area contributed by atoms with Crippen LogP contribution in [-0.2, 0) is 9.59 Å². The van der Waals surface area contributed by atoms with Crippen molar-refractivity contribution in [2.75, 3.05) is 25.5 Å². The molecular weight excluding hydrogens is 418 g/mol. The number of hydrogen-bond donors (Lipinski definition) is 1. The Morgan fingerprint density at radius 2 is 1.85 bits per heavy atom. The molecule has 2 aromatic carbocycles. The average molecular weight is 448 g/mol. The van der Waals surface area contributed by atoms with E-state index in [2.05, 4.69) is 10.3 Å². The Morgan fingerprint density at radius 1 is 1.12 bits per heavy atom. The smallest absolute Gasteiger partial charge is 0.222 e. The number of aliphatic imine (C=N–C) groups is 1. The van der Waals surface area contributed by atoms with Crippen LogP contribution in [-0.4, -0.2) is 48.9 Å². The van der Waals surface area contributed by atoms with Gasteiger partial charge in [-0.25, -0.2) is 0 Å². The van der Waals surface area contributed by atoms with E-state index in [0.29, 0.717) is 50.8 Å². The van der Waals surface area contributed by atoms with Gasteiger partial charge in [0.25, 0.3) is 0 Å². The maximum absolute atomic E-state index is 12.8. The fourth-order valence-electron chi connectivity index (χ4n) is 4.47. The highest BCUT2D eigenvalue weighted by atomic mass is 16.5. The number of rotatable bonds is 8. The zero-order valence-electron chi connectivity index (χ0n) is 18.8. The first-order valence-electron chi connectivity index (χ1n) is 11.4. The maximum atomic E-state index is 12.8. The molecule has 0 radical (unpaired) electrons. The maximum Gasteiger partial charge on any atom is 0.222 e. The van der Waals surface area contributed by atoms with Gasteiger partial charge in [-0.15, -0.1) is 0 Å². The van der Waals surface area contributed by atoms with E-state index in [0.717, 1.165) is 29.1 Å². The van der Waals surface area contributed by atoms with Crippen molar-refractivity contribution in [1.82, 2.24) is 4.90 Å². The van der Waals surface area contributed by atoms with Gasteiger partial charge in [0.05, 0.1) is 7.11 Å². The van der Waals surface area contributed by atoms with Crippen molar-refractivity contribution < 1.29 is 19.1 Å². The number of carbonyl (C=O) groups is 3. The first-order chi connectivity index (χ1) is 16.1. The normalized spacial score (nSPS) is 18.0. The van der Waals surface area contributed by atoms with Crippen LogP contribution in [0.15, 0.2) is 53.5 Å². The number of aldehydes is 1. The lowest BCUT2D eigenvalue weighted by Gasteiger charge is -2.31. The Balaban J connectivity index is 1.23. The van der Waals surface area contributed by atoms with Gasteiger partial charge in [-0.2, -0.15) is 0 Å². The summed E-state index contributed by atoms with van der Waals surface area (Å²) in [6, 6.07) is 14.4. The number of carbonyl (C=O) groups excluding carboxylic acids is 3. The molecule has 7 heteroatoms. The highest BCUT2D eigenvalue weighted by molar-refractivity contribution is 6.00. The first kappa shape index (κ1) is 22.7. The summed E-state index contributed by atoms with van der Waals surface area (Å²) in [6.07, 6.45) is 3.90. The number of nitrogens with zero attached hydrogens (tertiary/aromatic N) is 2. The fraction of sp³-hybridized carbons (Fsp3) is 0.385. The molecule has 0 spiro atoms. The third-order valence-electron chi connectivity index (χ3n) is 6.38. The third kappa shape index (κ3) is 5.30. The molecule has 2 aliphatic rings. The lowest BCUT2D eigenvalue weighted by molar-refractivity contribution is -0.132. The molecule has 0 bridgehead atoms. The van der Waals surface area contributed by atoms with Gasteiger partial charge >= 0.3 is 0 Å². The molecule has 1 atom stereocenters. The Hall–Kier alpha value is -3.48. The minimum Gasteiger partial charge on any atom is -0.497 e. The van der Waals surface area contributed by atoms with Crippen LogP contribution in [0, 0.1) is 5.92 Å². The van der Waals surface area contributed by atoms with Gasteiger partial charge in [0, 0.05) is 48.7 Å². The molecule has 1 N–H and O–H groups in total. The van der Waals surface area contributed by atoms with Gasteiger partial charge in [0.15, 0.2) is 5.78 Å². The number of likely N-dealkylation sites (tertiary alicyclic amines) is 1. The number of Topliss-reactive ketones (excluding diaryl/α,β-unsaturated/α-hetero) is 1. The lowest BCUT2D eigenvalue weighted by atomic mass is 9.88. The molecule has 1 fully saturated rings. The van der Waals surface area contributed by atoms with Crippen molar-refractivity contribution in [2.24, 2.45) is 10.9 Å². The largest absolute Gasteiger partial charge is 0.497 e. The summed E-state index contributed by atoms with van der Waals surface area (Å²) >= 11 is 0. The Bertz CT molecular complexity index is 1040. The van der Waals surface area contributed by atoms with Gasteiger partial charge in [-0.05, 0) is 49.6 Å². The average Bonchev–Trinajstić information content (AvgIpc) is 2.87.